The quantitative estimate of drug-likeness (QED) is 0.564. The van der Waals surface area contributed by atoms with Crippen molar-refractivity contribution in [1.82, 2.24) is 9.97 Å². The molecule has 6 heteroatoms. The molecule has 0 unspecified atom stereocenters. The van der Waals surface area contributed by atoms with Gasteiger partial charge in [-0.2, -0.15) is 0 Å². The first-order valence-corrected chi connectivity index (χ1v) is 7.63. The summed E-state index contributed by atoms with van der Waals surface area (Å²) in [4.78, 5) is 19.8. The molecule has 1 aromatic heterocycles. The summed E-state index contributed by atoms with van der Waals surface area (Å²) in [6, 6.07) is 14.0. The Hall–Kier alpha value is -3.02. The highest BCUT2D eigenvalue weighted by molar-refractivity contribution is 5.77. The van der Waals surface area contributed by atoms with E-state index in [2.05, 4.69) is 31.1 Å². The number of aromatic nitrogens is 2. The Bertz CT molecular complexity index is 899. The minimum absolute atomic E-state index is 0.0567. The molecule has 0 radical (unpaired) electrons. The lowest BCUT2D eigenvalue weighted by atomic mass is 9.91. The van der Waals surface area contributed by atoms with Crippen LogP contribution in [-0.2, 0) is 5.41 Å². The number of nitrogens with zero attached hydrogens (tertiary/aromatic N) is 3. The molecule has 0 aliphatic rings. The van der Waals surface area contributed by atoms with Crippen LogP contribution in [0.1, 0.15) is 26.5 Å². The minimum atomic E-state index is -0.416. The van der Waals surface area contributed by atoms with Gasteiger partial charge in [-0.05, 0) is 24.3 Å². The molecule has 0 fully saturated rings. The van der Waals surface area contributed by atoms with Crippen LogP contribution in [0.5, 0.6) is 0 Å². The number of hydrogen-bond acceptors (Lipinski definition) is 5. The van der Waals surface area contributed by atoms with E-state index in [9.17, 15) is 10.1 Å². The molecule has 1 heterocycles. The van der Waals surface area contributed by atoms with E-state index in [1.165, 1.54) is 12.1 Å². The van der Waals surface area contributed by atoms with E-state index in [-0.39, 0.29) is 11.1 Å². The zero-order chi connectivity index (χ0) is 17.3. The van der Waals surface area contributed by atoms with Crippen LogP contribution in [0.2, 0.25) is 0 Å². The lowest BCUT2D eigenvalue weighted by molar-refractivity contribution is -0.384. The summed E-state index contributed by atoms with van der Waals surface area (Å²) >= 11 is 0. The number of fused-ring (bicyclic) bond motifs is 1. The molecular formula is C18H18N4O2. The van der Waals surface area contributed by atoms with Crippen molar-refractivity contribution < 1.29 is 4.92 Å². The number of hydrogen-bond donors (Lipinski definition) is 1. The summed E-state index contributed by atoms with van der Waals surface area (Å²) in [7, 11) is 0. The van der Waals surface area contributed by atoms with E-state index >= 15 is 0 Å². The predicted octanol–water partition coefficient (Wildman–Crippen LogP) is 4.58. The number of rotatable bonds is 3. The summed E-state index contributed by atoms with van der Waals surface area (Å²) in [6.07, 6.45) is 0. The van der Waals surface area contributed by atoms with Gasteiger partial charge in [0, 0.05) is 23.2 Å². The van der Waals surface area contributed by atoms with Crippen LogP contribution < -0.4 is 5.32 Å². The minimum Gasteiger partial charge on any atom is -0.339 e. The van der Waals surface area contributed by atoms with E-state index in [0.717, 1.165) is 22.4 Å². The first kappa shape index (κ1) is 15.9. The maximum absolute atomic E-state index is 10.8. The molecule has 0 bridgehead atoms. The fraction of sp³-hybridized carbons (Fsp3) is 0.222. The van der Waals surface area contributed by atoms with Crippen molar-refractivity contribution in [2.45, 2.75) is 26.2 Å². The molecule has 24 heavy (non-hydrogen) atoms. The van der Waals surface area contributed by atoms with Crippen molar-refractivity contribution in [2.75, 3.05) is 5.32 Å². The van der Waals surface area contributed by atoms with Crippen LogP contribution in [0.25, 0.3) is 11.0 Å². The summed E-state index contributed by atoms with van der Waals surface area (Å²) in [5, 5.41) is 14.0. The zero-order valence-electron chi connectivity index (χ0n) is 13.8. The molecule has 0 saturated heterocycles. The largest absolute Gasteiger partial charge is 0.339 e. The summed E-state index contributed by atoms with van der Waals surface area (Å²) in [6.45, 7) is 6.23. The summed E-state index contributed by atoms with van der Waals surface area (Å²) in [5.74, 6) is 0.662. The molecule has 0 amide bonds. The van der Waals surface area contributed by atoms with Gasteiger partial charge >= 0.3 is 0 Å². The molecule has 6 nitrogen and oxygen atoms in total. The Labute approximate surface area is 139 Å². The van der Waals surface area contributed by atoms with Crippen LogP contribution in [0.3, 0.4) is 0 Å². The Balaban J connectivity index is 2.05. The lowest BCUT2D eigenvalue weighted by Gasteiger charge is -2.22. The maximum atomic E-state index is 10.8. The topological polar surface area (TPSA) is 81.0 Å². The highest BCUT2D eigenvalue weighted by Gasteiger charge is 2.22. The standard InChI is InChI=1S/C18H18N4O2/c1-18(2,3)16-17(21-15-7-5-4-6-14(15)20-16)19-12-8-10-13(11-9-12)22(23)24/h4-11H,1-3H3,(H,19,21). The first-order chi connectivity index (χ1) is 11.3. The number of non-ortho nitro benzene ring substituents is 1. The van der Waals surface area contributed by atoms with E-state index in [0.29, 0.717) is 5.82 Å². The Morgan fingerprint density at radius 1 is 0.958 bits per heavy atom. The number of anilines is 2. The number of benzene rings is 2. The molecule has 1 N–H and O–H groups in total. The summed E-state index contributed by atoms with van der Waals surface area (Å²) < 4.78 is 0. The Morgan fingerprint density at radius 3 is 2.08 bits per heavy atom. The highest BCUT2D eigenvalue weighted by atomic mass is 16.6. The third-order valence-corrected chi connectivity index (χ3v) is 3.62. The van der Waals surface area contributed by atoms with Crippen molar-refractivity contribution in [3.63, 3.8) is 0 Å². The smallest absolute Gasteiger partial charge is 0.269 e. The van der Waals surface area contributed by atoms with Crippen molar-refractivity contribution in [3.8, 4) is 0 Å². The van der Waals surface area contributed by atoms with Gasteiger partial charge in [0.05, 0.1) is 21.7 Å². The molecule has 0 atom stereocenters. The third-order valence-electron chi connectivity index (χ3n) is 3.62. The van der Waals surface area contributed by atoms with Crippen LogP contribution in [0.4, 0.5) is 17.2 Å². The number of para-hydroxylation sites is 2. The highest BCUT2D eigenvalue weighted by Crippen LogP contribution is 2.30. The van der Waals surface area contributed by atoms with Gasteiger partial charge in [0.25, 0.3) is 5.69 Å². The first-order valence-electron chi connectivity index (χ1n) is 7.63. The second-order valence-corrected chi connectivity index (χ2v) is 6.59. The Kier molecular flexibility index (Phi) is 3.89. The van der Waals surface area contributed by atoms with Gasteiger partial charge in [0.15, 0.2) is 5.82 Å². The van der Waals surface area contributed by atoms with E-state index in [4.69, 9.17) is 4.98 Å². The SMILES string of the molecule is CC(C)(C)c1nc2ccccc2nc1Nc1ccc([N+](=O)[O-])cc1. The molecule has 2 aromatic carbocycles. The molecule has 0 aliphatic heterocycles. The van der Waals surface area contributed by atoms with Gasteiger partial charge in [-0.3, -0.25) is 10.1 Å². The van der Waals surface area contributed by atoms with Crippen LogP contribution in [0.15, 0.2) is 48.5 Å². The monoisotopic (exact) mass is 322 g/mol. The van der Waals surface area contributed by atoms with E-state index in [1.54, 1.807) is 12.1 Å². The van der Waals surface area contributed by atoms with Crippen LogP contribution in [-0.4, -0.2) is 14.9 Å². The van der Waals surface area contributed by atoms with Gasteiger partial charge in [-0.15, -0.1) is 0 Å². The fourth-order valence-electron chi connectivity index (χ4n) is 2.41. The molecule has 3 rings (SSSR count). The third kappa shape index (κ3) is 3.17. The fourth-order valence-corrected chi connectivity index (χ4v) is 2.41. The molecule has 3 aromatic rings. The molecule has 0 aliphatic carbocycles. The van der Waals surface area contributed by atoms with Crippen LogP contribution >= 0.6 is 0 Å². The zero-order valence-corrected chi connectivity index (χ0v) is 13.8. The van der Waals surface area contributed by atoms with E-state index < -0.39 is 4.92 Å². The van der Waals surface area contributed by atoms with Gasteiger partial charge in [-0.1, -0.05) is 32.9 Å². The molecular weight excluding hydrogens is 304 g/mol. The number of nitro benzene ring substituents is 1. The van der Waals surface area contributed by atoms with Crippen LogP contribution in [0, 0.1) is 10.1 Å². The number of nitrogens with one attached hydrogen (secondary N) is 1. The van der Waals surface area contributed by atoms with Gasteiger partial charge in [0.2, 0.25) is 0 Å². The van der Waals surface area contributed by atoms with Gasteiger partial charge < -0.3 is 5.32 Å². The second-order valence-electron chi connectivity index (χ2n) is 6.59. The normalized spacial score (nSPS) is 11.5. The maximum Gasteiger partial charge on any atom is 0.269 e. The average molecular weight is 322 g/mol. The molecule has 0 spiro atoms. The average Bonchev–Trinajstić information content (AvgIpc) is 2.54. The van der Waals surface area contributed by atoms with Gasteiger partial charge in [0.1, 0.15) is 0 Å². The molecule has 0 saturated carbocycles. The second kappa shape index (κ2) is 5.88. The lowest BCUT2D eigenvalue weighted by Crippen LogP contribution is -2.17. The van der Waals surface area contributed by atoms with Crippen molar-refractivity contribution in [3.05, 3.63) is 64.3 Å². The van der Waals surface area contributed by atoms with Crippen molar-refractivity contribution in [1.29, 1.82) is 0 Å². The molecule has 122 valence electrons. The van der Waals surface area contributed by atoms with Crippen molar-refractivity contribution in [2.24, 2.45) is 0 Å². The number of nitro groups is 1. The predicted molar refractivity (Wildman–Crippen MR) is 94.6 cm³/mol. The van der Waals surface area contributed by atoms with Gasteiger partial charge in [-0.25, -0.2) is 9.97 Å². The Morgan fingerprint density at radius 2 is 1.54 bits per heavy atom. The summed E-state index contributed by atoms with van der Waals surface area (Å²) in [5.41, 5.74) is 3.09. The van der Waals surface area contributed by atoms with Crippen molar-refractivity contribution >= 4 is 28.2 Å². The van der Waals surface area contributed by atoms with E-state index in [1.807, 2.05) is 24.3 Å².